The Morgan fingerprint density at radius 2 is 2.33 bits per heavy atom. The van der Waals surface area contributed by atoms with Gasteiger partial charge in [-0.05, 0) is 24.6 Å². The molecule has 1 N–H and O–H groups in total. The van der Waals surface area contributed by atoms with Gasteiger partial charge in [-0.1, -0.05) is 18.2 Å². The van der Waals surface area contributed by atoms with Gasteiger partial charge >= 0.3 is 0 Å². The van der Waals surface area contributed by atoms with Crippen LogP contribution >= 0.6 is 0 Å². The molecule has 0 aliphatic carbocycles. The van der Waals surface area contributed by atoms with Crippen molar-refractivity contribution in [1.82, 2.24) is 5.32 Å². The number of nitrogens with one attached hydrogen (secondary N) is 1. The highest BCUT2D eigenvalue weighted by molar-refractivity contribution is 5.34. The fourth-order valence-electron chi connectivity index (χ4n) is 1.19. The quantitative estimate of drug-likeness (QED) is 0.764. The van der Waals surface area contributed by atoms with Crippen molar-refractivity contribution in [2.75, 3.05) is 6.54 Å². The molecule has 0 spiro atoms. The summed E-state index contributed by atoms with van der Waals surface area (Å²) in [6.07, 6.45) is 0. The van der Waals surface area contributed by atoms with E-state index >= 15 is 0 Å². The zero-order valence-corrected chi connectivity index (χ0v) is 8.68. The average Bonchev–Trinajstić information content (AvgIpc) is 2.20. The predicted octanol–water partition coefficient (Wildman–Crippen LogP) is 2.36. The molecule has 2 nitrogen and oxygen atoms in total. The molecule has 3 heteroatoms. The van der Waals surface area contributed by atoms with Crippen LogP contribution in [0.1, 0.15) is 18.1 Å². The lowest BCUT2D eigenvalue weighted by atomic mass is 10.1. The Balaban J connectivity index is 2.63. The third kappa shape index (κ3) is 3.53. The van der Waals surface area contributed by atoms with Crippen molar-refractivity contribution >= 4 is 0 Å². The van der Waals surface area contributed by atoms with E-state index in [-0.39, 0.29) is 5.56 Å². The monoisotopic (exact) mass is 204 g/mol. The Bertz CT molecular complexity index is 405. The fourth-order valence-corrected chi connectivity index (χ4v) is 1.19. The van der Waals surface area contributed by atoms with Crippen LogP contribution in [0, 0.1) is 17.1 Å². The van der Waals surface area contributed by atoms with Gasteiger partial charge in [-0.25, -0.2) is 4.39 Å². The van der Waals surface area contributed by atoms with Crippen LogP contribution in [0.4, 0.5) is 4.39 Å². The summed E-state index contributed by atoms with van der Waals surface area (Å²) >= 11 is 0. The molecular weight excluding hydrogens is 191 g/mol. The Labute approximate surface area is 89.0 Å². The maximum atomic E-state index is 13.0. The van der Waals surface area contributed by atoms with Crippen molar-refractivity contribution in [3.63, 3.8) is 0 Å². The third-order valence-corrected chi connectivity index (χ3v) is 1.91. The maximum Gasteiger partial charge on any atom is 0.140 e. The molecular formula is C12H13FN2. The van der Waals surface area contributed by atoms with E-state index in [9.17, 15) is 4.39 Å². The second kappa shape index (κ2) is 5.28. The maximum absolute atomic E-state index is 13.0. The fraction of sp³-hybridized carbons (Fsp3) is 0.250. The zero-order valence-electron chi connectivity index (χ0n) is 8.68. The van der Waals surface area contributed by atoms with Crippen molar-refractivity contribution < 1.29 is 4.39 Å². The lowest BCUT2D eigenvalue weighted by Crippen LogP contribution is -2.15. The van der Waals surface area contributed by atoms with Crippen LogP contribution in [0.15, 0.2) is 30.4 Å². The molecule has 0 bridgehead atoms. The normalized spacial score (nSPS) is 9.67. The summed E-state index contributed by atoms with van der Waals surface area (Å²) in [4.78, 5) is 0. The largest absolute Gasteiger partial charge is 0.309 e. The first-order chi connectivity index (χ1) is 7.13. The van der Waals surface area contributed by atoms with Crippen LogP contribution in [-0.4, -0.2) is 6.54 Å². The number of rotatable bonds is 4. The number of hydrogen-bond acceptors (Lipinski definition) is 2. The molecule has 0 unspecified atom stereocenters. The molecule has 0 aliphatic heterocycles. The van der Waals surface area contributed by atoms with Gasteiger partial charge in [-0.2, -0.15) is 5.26 Å². The minimum atomic E-state index is -0.471. The molecule has 0 atom stereocenters. The van der Waals surface area contributed by atoms with E-state index in [1.807, 2.05) is 13.0 Å². The van der Waals surface area contributed by atoms with E-state index in [0.29, 0.717) is 6.54 Å². The van der Waals surface area contributed by atoms with Gasteiger partial charge in [0.2, 0.25) is 0 Å². The summed E-state index contributed by atoms with van der Waals surface area (Å²) in [5.41, 5.74) is 2.02. The van der Waals surface area contributed by atoms with Crippen LogP contribution in [0.2, 0.25) is 0 Å². The van der Waals surface area contributed by atoms with Crippen LogP contribution in [0.25, 0.3) is 0 Å². The molecule has 0 radical (unpaired) electrons. The number of benzene rings is 1. The summed E-state index contributed by atoms with van der Waals surface area (Å²) in [6.45, 7) is 7.02. The topological polar surface area (TPSA) is 35.8 Å². The second-order valence-electron chi connectivity index (χ2n) is 3.49. The Kier molecular flexibility index (Phi) is 4.02. The van der Waals surface area contributed by atoms with Crippen molar-refractivity contribution in [3.8, 4) is 6.07 Å². The van der Waals surface area contributed by atoms with Crippen molar-refractivity contribution in [2.45, 2.75) is 13.5 Å². The molecule has 0 amide bonds. The van der Waals surface area contributed by atoms with E-state index in [0.717, 1.165) is 17.7 Å². The molecule has 1 aromatic rings. The lowest BCUT2D eigenvalue weighted by Gasteiger charge is -2.04. The third-order valence-electron chi connectivity index (χ3n) is 1.91. The molecule has 78 valence electrons. The van der Waals surface area contributed by atoms with Crippen LogP contribution in [0.5, 0.6) is 0 Å². The smallest absolute Gasteiger partial charge is 0.140 e. The Morgan fingerprint density at radius 3 is 2.93 bits per heavy atom. The summed E-state index contributed by atoms with van der Waals surface area (Å²) in [6, 6.07) is 6.35. The van der Waals surface area contributed by atoms with Gasteiger partial charge in [0.05, 0.1) is 5.56 Å². The SMILES string of the molecule is C=C(C)CNCc1ccc(F)c(C#N)c1. The molecule has 0 heterocycles. The summed E-state index contributed by atoms with van der Waals surface area (Å²) in [5, 5.41) is 11.8. The first-order valence-corrected chi connectivity index (χ1v) is 4.67. The predicted molar refractivity (Wildman–Crippen MR) is 57.6 cm³/mol. The molecule has 1 rings (SSSR count). The lowest BCUT2D eigenvalue weighted by molar-refractivity contribution is 0.622. The molecule has 0 aromatic heterocycles. The van der Waals surface area contributed by atoms with Gasteiger partial charge in [0.15, 0.2) is 0 Å². The molecule has 0 saturated heterocycles. The Hall–Kier alpha value is -1.66. The number of halogens is 1. The van der Waals surface area contributed by atoms with E-state index < -0.39 is 5.82 Å². The molecule has 0 saturated carbocycles. The van der Waals surface area contributed by atoms with Crippen LogP contribution in [-0.2, 0) is 6.54 Å². The van der Waals surface area contributed by atoms with Crippen molar-refractivity contribution in [3.05, 3.63) is 47.3 Å². The highest BCUT2D eigenvalue weighted by Gasteiger charge is 2.01. The van der Waals surface area contributed by atoms with Gasteiger partial charge in [0, 0.05) is 13.1 Å². The standard InChI is InChI=1S/C12H13FN2/c1-9(2)7-15-8-10-3-4-12(13)11(5-10)6-14/h3-5,15H,1,7-8H2,2H3. The number of hydrogen-bond donors (Lipinski definition) is 1. The first kappa shape index (κ1) is 11.4. The van der Waals surface area contributed by atoms with E-state index in [1.54, 1.807) is 12.1 Å². The number of nitriles is 1. The van der Waals surface area contributed by atoms with Gasteiger partial charge in [0.25, 0.3) is 0 Å². The highest BCUT2D eigenvalue weighted by atomic mass is 19.1. The highest BCUT2D eigenvalue weighted by Crippen LogP contribution is 2.09. The molecule has 1 aromatic carbocycles. The van der Waals surface area contributed by atoms with E-state index in [4.69, 9.17) is 5.26 Å². The Morgan fingerprint density at radius 1 is 1.60 bits per heavy atom. The van der Waals surface area contributed by atoms with Crippen LogP contribution in [0.3, 0.4) is 0 Å². The number of nitrogens with zero attached hydrogens (tertiary/aromatic N) is 1. The minimum absolute atomic E-state index is 0.0876. The van der Waals surface area contributed by atoms with Crippen LogP contribution < -0.4 is 5.32 Å². The second-order valence-corrected chi connectivity index (χ2v) is 3.49. The van der Waals surface area contributed by atoms with Crippen molar-refractivity contribution in [2.24, 2.45) is 0 Å². The van der Waals surface area contributed by atoms with Gasteiger partial charge in [-0.3, -0.25) is 0 Å². The molecule has 0 aliphatic rings. The van der Waals surface area contributed by atoms with E-state index in [1.165, 1.54) is 6.07 Å². The van der Waals surface area contributed by atoms with E-state index in [2.05, 4.69) is 11.9 Å². The average molecular weight is 204 g/mol. The summed E-state index contributed by atoms with van der Waals surface area (Å²) in [5.74, 6) is -0.471. The van der Waals surface area contributed by atoms with Gasteiger partial charge < -0.3 is 5.32 Å². The van der Waals surface area contributed by atoms with Crippen molar-refractivity contribution in [1.29, 1.82) is 5.26 Å². The molecule has 0 fully saturated rings. The summed E-state index contributed by atoms with van der Waals surface area (Å²) in [7, 11) is 0. The summed E-state index contributed by atoms with van der Waals surface area (Å²) < 4.78 is 13.0. The van der Waals surface area contributed by atoms with Gasteiger partial charge in [-0.15, -0.1) is 0 Å². The minimum Gasteiger partial charge on any atom is -0.309 e. The first-order valence-electron chi connectivity index (χ1n) is 4.67. The zero-order chi connectivity index (χ0) is 11.3. The van der Waals surface area contributed by atoms with Gasteiger partial charge in [0.1, 0.15) is 11.9 Å². The molecule has 15 heavy (non-hydrogen) atoms.